The van der Waals surface area contributed by atoms with E-state index in [-0.39, 0.29) is 10.6 Å². The number of halogens is 2. The van der Waals surface area contributed by atoms with Crippen LogP contribution >= 0.6 is 11.6 Å². The number of nitrogen functional groups attached to an aromatic ring is 1. The van der Waals surface area contributed by atoms with E-state index in [1.54, 1.807) is 12.1 Å². The van der Waals surface area contributed by atoms with E-state index in [1.807, 2.05) is 13.8 Å². The Kier molecular flexibility index (Phi) is 3.95. The molecular weight excluding hydrogens is 279 g/mol. The minimum Gasteiger partial charge on any atom is -0.399 e. The number of hydrogen-bond acceptors (Lipinski definition) is 2. The fraction of sp³-hybridized carbons (Fsp3) is 0.133. The van der Waals surface area contributed by atoms with Gasteiger partial charge in [0, 0.05) is 11.4 Å². The quantitative estimate of drug-likeness (QED) is 0.824. The molecule has 1 amide bonds. The van der Waals surface area contributed by atoms with E-state index in [0.717, 1.165) is 11.1 Å². The summed E-state index contributed by atoms with van der Waals surface area (Å²) >= 11 is 5.80. The van der Waals surface area contributed by atoms with Gasteiger partial charge in [-0.25, -0.2) is 4.39 Å². The summed E-state index contributed by atoms with van der Waals surface area (Å²) in [5, 5.41) is 2.56. The topological polar surface area (TPSA) is 55.1 Å². The van der Waals surface area contributed by atoms with Crippen molar-refractivity contribution in [2.24, 2.45) is 0 Å². The Morgan fingerprint density at radius 2 is 1.85 bits per heavy atom. The lowest BCUT2D eigenvalue weighted by atomic mass is 10.1. The predicted octanol–water partition coefficient (Wildman–Crippen LogP) is 3.93. The van der Waals surface area contributed by atoms with Gasteiger partial charge in [-0.05, 0) is 49.2 Å². The number of nitrogens with two attached hydrogens (primary N) is 1. The number of anilines is 2. The van der Waals surface area contributed by atoms with Crippen LogP contribution in [0.15, 0.2) is 30.3 Å². The fourth-order valence-corrected chi connectivity index (χ4v) is 2.27. The minimum atomic E-state index is -0.620. The monoisotopic (exact) mass is 292 g/mol. The summed E-state index contributed by atoms with van der Waals surface area (Å²) in [5.74, 6) is -1.07. The van der Waals surface area contributed by atoms with E-state index in [9.17, 15) is 9.18 Å². The molecule has 2 aromatic rings. The molecule has 0 bridgehead atoms. The van der Waals surface area contributed by atoms with Crippen molar-refractivity contribution in [1.82, 2.24) is 0 Å². The highest BCUT2D eigenvalue weighted by molar-refractivity contribution is 6.34. The van der Waals surface area contributed by atoms with Gasteiger partial charge in [0.25, 0.3) is 5.91 Å². The smallest absolute Gasteiger partial charge is 0.257 e. The fourth-order valence-electron chi connectivity index (χ4n) is 2.05. The molecule has 0 radical (unpaired) electrons. The second-order valence-corrected chi connectivity index (χ2v) is 4.96. The van der Waals surface area contributed by atoms with Gasteiger partial charge in [0.1, 0.15) is 5.82 Å². The number of nitrogens with one attached hydrogen (secondary N) is 1. The van der Waals surface area contributed by atoms with E-state index in [1.165, 1.54) is 18.2 Å². The number of hydrogen-bond donors (Lipinski definition) is 2. The lowest BCUT2D eigenvalue weighted by molar-refractivity contribution is 0.102. The molecule has 0 heterocycles. The Balaban J connectivity index is 2.36. The van der Waals surface area contributed by atoms with Gasteiger partial charge in [0.2, 0.25) is 0 Å². The Labute approximate surface area is 121 Å². The molecule has 3 N–H and O–H groups in total. The van der Waals surface area contributed by atoms with Crippen molar-refractivity contribution < 1.29 is 9.18 Å². The van der Waals surface area contributed by atoms with Gasteiger partial charge < -0.3 is 11.1 Å². The van der Waals surface area contributed by atoms with Crippen molar-refractivity contribution >= 4 is 28.9 Å². The van der Waals surface area contributed by atoms with Crippen LogP contribution in [-0.4, -0.2) is 5.91 Å². The first-order valence-electron chi connectivity index (χ1n) is 6.02. The number of amides is 1. The summed E-state index contributed by atoms with van der Waals surface area (Å²) in [4.78, 5) is 12.2. The zero-order valence-corrected chi connectivity index (χ0v) is 11.9. The van der Waals surface area contributed by atoms with Crippen molar-refractivity contribution in [1.29, 1.82) is 0 Å². The molecule has 0 aliphatic rings. The zero-order valence-electron chi connectivity index (χ0n) is 11.1. The van der Waals surface area contributed by atoms with Crippen LogP contribution in [0.3, 0.4) is 0 Å². The number of aryl methyl sites for hydroxylation is 2. The molecule has 20 heavy (non-hydrogen) atoms. The van der Waals surface area contributed by atoms with Crippen molar-refractivity contribution in [2.45, 2.75) is 13.8 Å². The van der Waals surface area contributed by atoms with Crippen LogP contribution in [0.2, 0.25) is 5.02 Å². The molecule has 2 aromatic carbocycles. The summed E-state index contributed by atoms with van der Waals surface area (Å²) in [7, 11) is 0. The van der Waals surface area contributed by atoms with Crippen LogP contribution < -0.4 is 11.1 Å². The summed E-state index contributed by atoms with van der Waals surface area (Å²) in [6, 6.07) is 7.64. The highest BCUT2D eigenvalue weighted by Crippen LogP contribution is 2.26. The Morgan fingerprint density at radius 1 is 1.25 bits per heavy atom. The molecule has 0 aliphatic carbocycles. The lowest BCUT2D eigenvalue weighted by Gasteiger charge is -2.13. The summed E-state index contributed by atoms with van der Waals surface area (Å²) in [5.41, 5.74) is 8.79. The summed E-state index contributed by atoms with van der Waals surface area (Å²) in [6.45, 7) is 3.68. The van der Waals surface area contributed by atoms with Gasteiger partial charge in [0.15, 0.2) is 0 Å². The molecular formula is C15H14ClFN2O. The van der Waals surface area contributed by atoms with E-state index in [0.29, 0.717) is 11.4 Å². The van der Waals surface area contributed by atoms with Crippen LogP contribution in [0, 0.1) is 19.7 Å². The lowest BCUT2D eigenvalue weighted by Crippen LogP contribution is -2.15. The maximum absolute atomic E-state index is 13.4. The Hall–Kier alpha value is -2.07. The van der Waals surface area contributed by atoms with E-state index < -0.39 is 11.7 Å². The molecule has 0 fully saturated rings. The van der Waals surface area contributed by atoms with Crippen molar-refractivity contribution in [3.8, 4) is 0 Å². The van der Waals surface area contributed by atoms with Gasteiger partial charge in [-0.1, -0.05) is 17.7 Å². The molecule has 0 aliphatic heterocycles. The number of benzene rings is 2. The van der Waals surface area contributed by atoms with Gasteiger partial charge >= 0.3 is 0 Å². The number of rotatable bonds is 2. The molecule has 0 spiro atoms. The van der Waals surface area contributed by atoms with Crippen molar-refractivity contribution in [3.63, 3.8) is 0 Å². The Morgan fingerprint density at radius 3 is 2.45 bits per heavy atom. The van der Waals surface area contributed by atoms with E-state index in [4.69, 9.17) is 17.3 Å². The molecule has 5 heteroatoms. The maximum Gasteiger partial charge on any atom is 0.257 e. The molecule has 0 atom stereocenters. The third kappa shape index (κ3) is 2.75. The average Bonchev–Trinajstić information content (AvgIpc) is 2.36. The normalized spacial score (nSPS) is 10.4. The van der Waals surface area contributed by atoms with Crippen molar-refractivity contribution in [2.75, 3.05) is 11.1 Å². The van der Waals surface area contributed by atoms with Gasteiger partial charge in [0.05, 0.1) is 10.6 Å². The SMILES string of the molecule is Cc1cc(N)cc(C)c1NC(=O)c1cccc(F)c1Cl. The summed E-state index contributed by atoms with van der Waals surface area (Å²) < 4.78 is 13.4. The van der Waals surface area contributed by atoms with Crippen LogP contribution in [0.4, 0.5) is 15.8 Å². The maximum atomic E-state index is 13.4. The third-order valence-electron chi connectivity index (χ3n) is 2.99. The molecule has 0 unspecified atom stereocenters. The Bertz CT molecular complexity index is 663. The first-order chi connectivity index (χ1) is 9.40. The molecule has 0 aromatic heterocycles. The summed E-state index contributed by atoms with van der Waals surface area (Å²) in [6.07, 6.45) is 0. The van der Waals surface area contributed by atoms with Crippen LogP contribution in [0.25, 0.3) is 0 Å². The number of carbonyl (C=O) groups excluding carboxylic acids is 1. The molecule has 0 saturated heterocycles. The average molecular weight is 293 g/mol. The highest BCUT2D eigenvalue weighted by Gasteiger charge is 2.15. The first-order valence-corrected chi connectivity index (χ1v) is 6.40. The number of carbonyl (C=O) groups is 1. The van der Waals surface area contributed by atoms with Crippen LogP contribution in [-0.2, 0) is 0 Å². The highest BCUT2D eigenvalue weighted by atomic mass is 35.5. The van der Waals surface area contributed by atoms with Crippen LogP contribution in [0.1, 0.15) is 21.5 Å². The third-order valence-corrected chi connectivity index (χ3v) is 3.37. The predicted molar refractivity (Wildman–Crippen MR) is 79.7 cm³/mol. The van der Waals surface area contributed by atoms with Gasteiger partial charge in [-0.2, -0.15) is 0 Å². The second kappa shape index (κ2) is 5.51. The molecule has 2 rings (SSSR count). The molecule has 0 saturated carbocycles. The van der Waals surface area contributed by atoms with Crippen molar-refractivity contribution in [3.05, 3.63) is 57.9 Å². The van der Waals surface area contributed by atoms with Gasteiger partial charge in [-0.15, -0.1) is 0 Å². The second-order valence-electron chi connectivity index (χ2n) is 4.59. The molecule has 104 valence electrons. The standard InChI is InChI=1S/C15H14ClFN2O/c1-8-6-10(18)7-9(2)14(8)19-15(20)11-4-3-5-12(17)13(11)16/h3-7H,18H2,1-2H3,(H,19,20). The first kappa shape index (κ1) is 14.3. The molecule has 3 nitrogen and oxygen atoms in total. The van der Waals surface area contributed by atoms with E-state index in [2.05, 4.69) is 5.32 Å². The van der Waals surface area contributed by atoms with Gasteiger partial charge in [-0.3, -0.25) is 4.79 Å². The zero-order chi connectivity index (χ0) is 14.9. The van der Waals surface area contributed by atoms with Crippen LogP contribution in [0.5, 0.6) is 0 Å². The largest absolute Gasteiger partial charge is 0.399 e. The minimum absolute atomic E-state index is 0.0993. The van der Waals surface area contributed by atoms with E-state index >= 15 is 0 Å².